The maximum Gasteiger partial charge on any atom is 0.162 e. The Kier molecular flexibility index (Phi) is 2.67. The Hall–Kier alpha value is -2.42. The highest BCUT2D eigenvalue weighted by molar-refractivity contribution is 5.89. The van der Waals surface area contributed by atoms with Crippen LogP contribution in [0.5, 0.6) is 0 Å². The van der Waals surface area contributed by atoms with E-state index < -0.39 is 0 Å². The SMILES string of the molecule is Cc1cccc(C)c1-c1nc(N)c2ccccc2n1. The van der Waals surface area contributed by atoms with Crippen LogP contribution in [0.15, 0.2) is 42.5 Å². The minimum atomic E-state index is 0.531. The average Bonchev–Trinajstić information content (AvgIpc) is 2.38. The number of nitrogens with two attached hydrogens (primary N) is 1. The van der Waals surface area contributed by atoms with Crippen molar-refractivity contribution < 1.29 is 0 Å². The van der Waals surface area contributed by atoms with E-state index in [-0.39, 0.29) is 0 Å². The van der Waals surface area contributed by atoms with Gasteiger partial charge in [0.15, 0.2) is 5.82 Å². The van der Waals surface area contributed by atoms with Gasteiger partial charge in [0.05, 0.1) is 5.52 Å². The van der Waals surface area contributed by atoms with Crippen LogP contribution in [0.1, 0.15) is 11.1 Å². The van der Waals surface area contributed by atoms with Gasteiger partial charge in [0.2, 0.25) is 0 Å². The van der Waals surface area contributed by atoms with E-state index in [1.807, 2.05) is 30.3 Å². The molecule has 0 aliphatic heterocycles. The summed E-state index contributed by atoms with van der Waals surface area (Å²) >= 11 is 0. The first-order chi connectivity index (χ1) is 9.16. The van der Waals surface area contributed by atoms with Crippen LogP contribution in [-0.2, 0) is 0 Å². The average molecular weight is 249 g/mol. The zero-order valence-corrected chi connectivity index (χ0v) is 11.0. The molecule has 0 fully saturated rings. The van der Waals surface area contributed by atoms with Crippen molar-refractivity contribution in [3.8, 4) is 11.4 Å². The van der Waals surface area contributed by atoms with Gasteiger partial charge in [-0.25, -0.2) is 9.97 Å². The third-order valence-corrected chi connectivity index (χ3v) is 3.34. The molecular formula is C16H15N3. The van der Waals surface area contributed by atoms with Crippen LogP contribution in [-0.4, -0.2) is 9.97 Å². The second-order valence-corrected chi connectivity index (χ2v) is 4.72. The Balaban J connectivity index is 2.32. The van der Waals surface area contributed by atoms with E-state index in [9.17, 15) is 0 Å². The molecule has 94 valence electrons. The fraction of sp³-hybridized carbons (Fsp3) is 0.125. The number of aryl methyl sites for hydroxylation is 2. The Bertz CT molecular complexity index is 743. The van der Waals surface area contributed by atoms with Gasteiger partial charge in [-0.15, -0.1) is 0 Å². The molecule has 3 heteroatoms. The summed E-state index contributed by atoms with van der Waals surface area (Å²) < 4.78 is 0. The Labute approximate surface area is 112 Å². The van der Waals surface area contributed by atoms with E-state index in [1.54, 1.807) is 0 Å². The molecule has 0 saturated carbocycles. The number of nitrogens with zero attached hydrogens (tertiary/aromatic N) is 2. The molecule has 1 aromatic heterocycles. The van der Waals surface area contributed by atoms with E-state index >= 15 is 0 Å². The Morgan fingerprint density at radius 1 is 0.842 bits per heavy atom. The lowest BCUT2D eigenvalue weighted by Crippen LogP contribution is -2.00. The number of aromatic nitrogens is 2. The lowest BCUT2D eigenvalue weighted by Gasteiger charge is -2.10. The predicted octanol–water partition coefficient (Wildman–Crippen LogP) is 3.50. The molecule has 0 aliphatic carbocycles. The topological polar surface area (TPSA) is 51.8 Å². The first kappa shape index (κ1) is 11.7. The molecule has 1 heterocycles. The van der Waals surface area contributed by atoms with Gasteiger partial charge in [-0.3, -0.25) is 0 Å². The number of para-hydroxylation sites is 1. The van der Waals surface area contributed by atoms with Gasteiger partial charge in [0.25, 0.3) is 0 Å². The minimum Gasteiger partial charge on any atom is -0.383 e. The van der Waals surface area contributed by atoms with Crippen LogP contribution in [0.4, 0.5) is 5.82 Å². The van der Waals surface area contributed by atoms with E-state index in [0.29, 0.717) is 11.6 Å². The summed E-state index contributed by atoms with van der Waals surface area (Å²) in [4.78, 5) is 9.10. The van der Waals surface area contributed by atoms with Crippen molar-refractivity contribution in [2.24, 2.45) is 0 Å². The van der Waals surface area contributed by atoms with E-state index in [0.717, 1.165) is 27.6 Å². The molecule has 3 aromatic rings. The fourth-order valence-corrected chi connectivity index (χ4v) is 2.38. The van der Waals surface area contributed by atoms with Crippen LogP contribution in [0, 0.1) is 13.8 Å². The van der Waals surface area contributed by atoms with Gasteiger partial charge < -0.3 is 5.73 Å². The highest BCUT2D eigenvalue weighted by atomic mass is 14.9. The normalized spacial score (nSPS) is 10.8. The summed E-state index contributed by atoms with van der Waals surface area (Å²) in [6.07, 6.45) is 0. The van der Waals surface area contributed by atoms with Crippen molar-refractivity contribution in [1.82, 2.24) is 9.97 Å². The standard InChI is InChI=1S/C16H15N3/c1-10-6-5-7-11(2)14(10)16-18-13-9-4-3-8-12(13)15(17)19-16/h3-9H,1-2H3,(H2,17,18,19). The molecule has 0 bridgehead atoms. The van der Waals surface area contributed by atoms with Crippen molar-refractivity contribution in [3.63, 3.8) is 0 Å². The number of fused-ring (bicyclic) bond motifs is 1. The molecule has 0 unspecified atom stereocenters. The number of rotatable bonds is 1. The first-order valence-corrected chi connectivity index (χ1v) is 6.25. The maximum atomic E-state index is 6.04. The molecule has 2 N–H and O–H groups in total. The smallest absolute Gasteiger partial charge is 0.162 e. The third-order valence-electron chi connectivity index (χ3n) is 3.34. The molecular weight excluding hydrogens is 234 g/mol. The maximum absolute atomic E-state index is 6.04. The van der Waals surface area contributed by atoms with Gasteiger partial charge in [-0.05, 0) is 37.1 Å². The van der Waals surface area contributed by atoms with Crippen molar-refractivity contribution in [2.45, 2.75) is 13.8 Å². The monoisotopic (exact) mass is 249 g/mol. The molecule has 0 saturated heterocycles. The zero-order chi connectivity index (χ0) is 13.4. The van der Waals surface area contributed by atoms with Crippen LogP contribution < -0.4 is 5.73 Å². The van der Waals surface area contributed by atoms with Crippen molar-refractivity contribution in [2.75, 3.05) is 5.73 Å². The van der Waals surface area contributed by atoms with Gasteiger partial charge in [0, 0.05) is 10.9 Å². The summed E-state index contributed by atoms with van der Waals surface area (Å²) in [5, 5.41) is 0.900. The summed E-state index contributed by atoms with van der Waals surface area (Å²) in [5.41, 5.74) is 10.3. The van der Waals surface area contributed by atoms with Crippen LogP contribution in [0.25, 0.3) is 22.3 Å². The third kappa shape index (κ3) is 1.93. The highest BCUT2D eigenvalue weighted by Gasteiger charge is 2.11. The molecule has 0 spiro atoms. The Morgan fingerprint density at radius 3 is 2.26 bits per heavy atom. The van der Waals surface area contributed by atoms with Gasteiger partial charge >= 0.3 is 0 Å². The van der Waals surface area contributed by atoms with Crippen molar-refractivity contribution >= 4 is 16.7 Å². The number of benzene rings is 2. The molecule has 19 heavy (non-hydrogen) atoms. The summed E-state index contributed by atoms with van der Waals surface area (Å²) in [5.74, 6) is 1.23. The van der Waals surface area contributed by atoms with E-state index in [4.69, 9.17) is 5.73 Å². The second kappa shape index (κ2) is 4.35. The zero-order valence-electron chi connectivity index (χ0n) is 11.0. The van der Waals surface area contributed by atoms with E-state index in [1.165, 1.54) is 0 Å². The summed E-state index contributed by atoms with van der Waals surface area (Å²) in [6, 6.07) is 14.0. The van der Waals surface area contributed by atoms with Crippen molar-refractivity contribution in [3.05, 3.63) is 53.6 Å². The quantitative estimate of drug-likeness (QED) is 0.718. The molecule has 0 amide bonds. The second-order valence-electron chi connectivity index (χ2n) is 4.72. The van der Waals surface area contributed by atoms with Gasteiger partial charge in [-0.1, -0.05) is 30.3 Å². The molecule has 0 atom stereocenters. The lowest BCUT2D eigenvalue weighted by atomic mass is 10.0. The first-order valence-electron chi connectivity index (χ1n) is 6.25. The number of hydrogen-bond donors (Lipinski definition) is 1. The summed E-state index contributed by atoms with van der Waals surface area (Å²) in [7, 11) is 0. The lowest BCUT2D eigenvalue weighted by molar-refractivity contribution is 1.20. The fourth-order valence-electron chi connectivity index (χ4n) is 2.38. The molecule has 0 aliphatic rings. The molecule has 3 nitrogen and oxygen atoms in total. The predicted molar refractivity (Wildman–Crippen MR) is 78.9 cm³/mol. The van der Waals surface area contributed by atoms with E-state index in [2.05, 4.69) is 35.9 Å². The molecule has 2 aromatic carbocycles. The summed E-state index contributed by atoms with van der Waals surface area (Å²) in [6.45, 7) is 4.13. The number of hydrogen-bond acceptors (Lipinski definition) is 3. The van der Waals surface area contributed by atoms with Crippen molar-refractivity contribution in [1.29, 1.82) is 0 Å². The Morgan fingerprint density at radius 2 is 1.53 bits per heavy atom. The largest absolute Gasteiger partial charge is 0.383 e. The van der Waals surface area contributed by atoms with Crippen LogP contribution >= 0.6 is 0 Å². The number of nitrogen functional groups attached to an aromatic ring is 1. The molecule has 0 radical (unpaired) electrons. The van der Waals surface area contributed by atoms with Gasteiger partial charge in [0.1, 0.15) is 5.82 Å². The number of anilines is 1. The van der Waals surface area contributed by atoms with Crippen LogP contribution in [0.3, 0.4) is 0 Å². The highest BCUT2D eigenvalue weighted by Crippen LogP contribution is 2.27. The molecule has 3 rings (SSSR count). The minimum absolute atomic E-state index is 0.531. The van der Waals surface area contributed by atoms with Gasteiger partial charge in [-0.2, -0.15) is 0 Å². The van der Waals surface area contributed by atoms with Crippen LogP contribution in [0.2, 0.25) is 0 Å².